The summed E-state index contributed by atoms with van der Waals surface area (Å²) >= 11 is 0. The van der Waals surface area contributed by atoms with Crippen LogP contribution in [0.2, 0.25) is 0 Å². The molecule has 0 aliphatic carbocycles. The number of amides is 1. The van der Waals surface area contributed by atoms with E-state index in [2.05, 4.69) is 10.3 Å². The van der Waals surface area contributed by atoms with E-state index in [9.17, 15) is 9.90 Å². The van der Waals surface area contributed by atoms with Crippen molar-refractivity contribution >= 4 is 11.8 Å². The Labute approximate surface area is 173 Å². The molecule has 0 unspecified atom stereocenters. The molecule has 0 radical (unpaired) electrons. The van der Waals surface area contributed by atoms with Crippen LogP contribution in [0, 0.1) is 0 Å². The highest BCUT2D eigenvalue weighted by atomic mass is 16.5. The lowest BCUT2D eigenvalue weighted by molar-refractivity contribution is -0.114. The molecule has 0 saturated heterocycles. The lowest BCUT2D eigenvalue weighted by Gasteiger charge is -2.05. The monoisotopic (exact) mass is 400 g/mol. The van der Waals surface area contributed by atoms with Crippen LogP contribution >= 0.6 is 0 Å². The van der Waals surface area contributed by atoms with E-state index in [1.165, 1.54) is 6.92 Å². The number of phenolic OH excluding ortho intramolecular Hbond substituents is 1. The number of phenols is 1. The number of carbonyl (C=O) groups excluding carboxylic acids is 1. The number of hydrogen-bond acceptors (Lipinski definition) is 5. The first-order chi connectivity index (χ1) is 14.5. The molecule has 1 heterocycles. The van der Waals surface area contributed by atoms with Crippen molar-refractivity contribution in [2.75, 3.05) is 12.4 Å². The second-order valence-corrected chi connectivity index (χ2v) is 6.71. The quantitative estimate of drug-likeness (QED) is 0.472. The number of rotatable bonds is 5. The van der Waals surface area contributed by atoms with Crippen LogP contribution < -0.4 is 10.1 Å². The maximum Gasteiger partial charge on any atom is 0.233 e. The Hall–Kier alpha value is -4.06. The molecule has 0 aliphatic rings. The molecule has 0 fully saturated rings. The number of carbonyl (C=O) groups is 1. The fourth-order valence-corrected chi connectivity index (χ4v) is 3.17. The van der Waals surface area contributed by atoms with E-state index in [1.54, 1.807) is 25.3 Å². The van der Waals surface area contributed by atoms with Gasteiger partial charge in [-0.15, -0.1) is 0 Å². The average Bonchev–Trinajstić information content (AvgIpc) is 3.17. The van der Waals surface area contributed by atoms with Gasteiger partial charge in [0.2, 0.25) is 17.7 Å². The summed E-state index contributed by atoms with van der Waals surface area (Å²) in [5.74, 6) is 0.807. The molecule has 0 spiro atoms. The predicted molar refractivity (Wildman–Crippen MR) is 115 cm³/mol. The number of nitrogens with one attached hydrogen (secondary N) is 1. The lowest BCUT2D eigenvalue weighted by atomic mass is 10.0. The van der Waals surface area contributed by atoms with Gasteiger partial charge < -0.3 is 14.3 Å². The highest BCUT2D eigenvalue weighted by Crippen LogP contribution is 2.38. The summed E-state index contributed by atoms with van der Waals surface area (Å²) in [7, 11) is 1.58. The molecule has 150 valence electrons. The Morgan fingerprint density at radius 1 is 0.967 bits per heavy atom. The largest absolute Gasteiger partial charge is 0.507 e. The SMILES string of the molecule is COc1cccc(-c2nc(-c3ccc(-c4ccccc4)cc3O)oc2NC(C)=O)c1. The van der Waals surface area contributed by atoms with E-state index < -0.39 is 0 Å². The standard InChI is InChI=1S/C24H20N2O4/c1-15(27)25-24-22(18-9-6-10-19(13-18)29-2)26-23(30-24)20-12-11-17(14-21(20)28)16-7-4-3-5-8-16/h3-14,28H,1-2H3,(H,25,27). The van der Waals surface area contributed by atoms with Gasteiger partial charge in [0.05, 0.1) is 12.7 Å². The van der Waals surface area contributed by atoms with Crippen molar-refractivity contribution in [3.63, 3.8) is 0 Å². The minimum Gasteiger partial charge on any atom is -0.507 e. The summed E-state index contributed by atoms with van der Waals surface area (Å²) in [6.07, 6.45) is 0. The minimum atomic E-state index is -0.287. The van der Waals surface area contributed by atoms with E-state index in [0.29, 0.717) is 22.6 Å². The van der Waals surface area contributed by atoms with Gasteiger partial charge >= 0.3 is 0 Å². The van der Waals surface area contributed by atoms with Crippen LogP contribution in [0.15, 0.2) is 77.2 Å². The molecule has 0 bridgehead atoms. The summed E-state index contributed by atoms with van der Waals surface area (Å²) in [4.78, 5) is 16.2. The summed E-state index contributed by atoms with van der Waals surface area (Å²) in [5.41, 5.74) is 3.45. The summed E-state index contributed by atoms with van der Waals surface area (Å²) in [5, 5.41) is 13.3. The molecule has 2 N–H and O–H groups in total. The van der Waals surface area contributed by atoms with Crippen molar-refractivity contribution in [2.24, 2.45) is 0 Å². The zero-order chi connectivity index (χ0) is 21.1. The van der Waals surface area contributed by atoms with Crippen LogP contribution in [-0.2, 0) is 4.79 Å². The molecule has 6 heteroatoms. The van der Waals surface area contributed by atoms with E-state index in [1.807, 2.05) is 54.6 Å². The van der Waals surface area contributed by atoms with E-state index in [0.717, 1.165) is 11.1 Å². The average molecular weight is 400 g/mol. The van der Waals surface area contributed by atoms with Gasteiger partial charge in [-0.3, -0.25) is 10.1 Å². The Balaban J connectivity index is 1.78. The highest BCUT2D eigenvalue weighted by Gasteiger charge is 2.20. The molecular formula is C24H20N2O4. The van der Waals surface area contributed by atoms with Gasteiger partial charge in [0.15, 0.2) is 0 Å². The zero-order valence-electron chi connectivity index (χ0n) is 16.5. The number of nitrogens with zero attached hydrogens (tertiary/aromatic N) is 1. The zero-order valence-corrected chi connectivity index (χ0v) is 16.5. The van der Waals surface area contributed by atoms with Gasteiger partial charge in [0.1, 0.15) is 17.2 Å². The number of anilines is 1. The lowest BCUT2D eigenvalue weighted by Crippen LogP contribution is -2.05. The summed E-state index contributed by atoms with van der Waals surface area (Å²) in [6.45, 7) is 1.39. The normalized spacial score (nSPS) is 10.6. The molecular weight excluding hydrogens is 380 g/mol. The van der Waals surface area contributed by atoms with Crippen LogP contribution in [0.25, 0.3) is 33.8 Å². The van der Waals surface area contributed by atoms with Gasteiger partial charge in [-0.25, -0.2) is 4.98 Å². The van der Waals surface area contributed by atoms with Crippen LogP contribution in [0.1, 0.15) is 6.92 Å². The Kier molecular flexibility index (Phi) is 5.22. The van der Waals surface area contributed by atoms with Crippen molar-refractivity contribution in [1.82, 2.24) is 4.98 Å². The molecule has 1 aromatic heterocycles. The number of oxazole rings is 1. The molecule has 30 heavy (non-hydrogen) atoms. The summed E-state index contributed by atoms with van der Waals surface area (Å²) < 4.78 is 11.1. The van der Waals surface area contributed by atoms with E-state index >= 15 is 0 Å². The molecule has 0 aliphatic heterocycles. The maximum absolute atomic E-state index is 11.7. The highest BCUT2D eigenvalue weighted by molar-refractivity contribution is 5.91. The van der Waals surface area contributed by atoms with Gasteiger partial charge in [0.25, 0.3) is 0 Å². The first-order valence-electron chi connectivity index (χ1n) is 9.37. The fourth-order valence-electron chi connectivity index (χ4n) is 3.17. The molecule has 0 atom stereocenters. The third-order valence-corrected chi connectivity index (χ3v) is 4.60. The van der Waals surface area contributed by atoms with Crippen molar-refractivity contribution in [3.05, 3.63) is 72.8 Å². The predicted octanol–water partition coefficient (Wildman–Crippen LogP) is 5.35. The second kappa shape index (κ2) is 8.13. The maximum atomic E-state index is 11.7. The van der Waals surface area contributed by atoms with Gasteiger partial charge in [0, 0.05) is 12.5 Å². The Morgan fingerprint density at radius 2 is 1.73 bits per heavy atom. The van der Waals surface area contributed by atoms with Crippen LogP contribution in [0.5, 0.6) is 11.5 Å². The smallest absolute Gasteiger partial charge is 0.233 e. The minimum absolute atomic E-state index is 0.0316. The molecule has 4 aromatic rings. The number of aromatic nitrogens is 1. The summed E-state index contributed by atoms with van der Waals surface area (Å²) in [6, 6.07) is 22.3. The van der Waals surface area contributed by atoms with Crippen LogP contribution in [0.4, 0.5) is 5.88 Å². The third-order valence-electron chi connectivity index (χ3n) is 4.60. The first-order valence-corrected chi connectivity index (χ1v) is 9.37. The van der Waals surface area contributed by atoms with Crippen molar-refractivity contribution in [3.8, 4) is 45.3 Å². The molecule has 4 rings (SSSR count). The first kappa shape index (κ1) is 19.3. The van der Waals surface area contributed by atoms with Gasteiger partial charge in [-0.1, -0.05) is 48.5 Å². The third kappa shape index (κ3) is 3.89. The molecule has 3 aromatic carbocycles. The van der Waals surface area contributed by atoms with E-state index in [4.69, 9.17) is 9.15 Å². The number of hydrogen-bond donors (Lipinski definition) is 2. The van der Waals surface area contributed by atoms with Crippen molar-refractivity contribution in [2.45, 2.75) is 6.92 Å². The number of methoxy groups -OCH3 is 1. The van der Waals surface area contributed by atoms with Crippen LogP contribution in [0.3, 0.4) is 0 Å². The van der Waals surface area contributed by atoms with Crippen molar-refractivity contribution < 1.29 is 19.1 Å². The number of ether oxygens (including phenoxy) is 1. The number of benzene rings is 3. The second-order valence-electron chi connectivity index (χ2n) is 6.71. The van der Waals surface area contributed by atoms with Crippen molar-refractivity contribution in [1.29, 1.82) is 0 Å². The fraction of sp³-hybridized carbons (Fsp3) is 0.0833. The van der Waals surface area contributed by atoms with E-state index in [-0.39, 0.29) is 23.4 Å². The van der Waals surface area contributed by atoms with Gasteiger partial charge in [-0.05, 0) is 35.4 Å². The Morgan fingerprint density at radius 3 is 2.43 bits per heavy atom. The van der Waals surface area contributed by atoms with Crippen LogP contribution in [-0.4, -0.2) is 23.1 Å². The topological polar surface area (TPSA) is 84.6 Å². The molecule has 1 amide bonds. The van der Waals surface area contributed by atoms with Gasteiger partial charge in [-0.2, -0.15) is 0 Å². The Bertz CT molecular complexity index is 1200. The molecule has 0 saturated carbocycles. The number of aromatic hydroxyl groups is 1. The molecule has 6 nitrogen and oxygen atoms in total.